The standard InChI is InChI=1S/C24H25F7N4O4/c1-13(15-9-16(23(26,27)28)11-17(10-15)24(29,30)31)39-21-20(14-3-5-18(25)6-4-14)35(7-8-38-21)12-19(32)33-34-22(36)37-2/h3-6,9-11,13,20-21H,7-8,12H2,1-2H3,(H2,32,33)(H,34,36). The third kappa shape index (κ3) is 8.03. The number of nitrogens with one attached hydrogen (secondary N) is 1. The number of benzene rings is 2. The fraction of sp³-hybridized carbons (Fsp3) is 0.417. The van der Waals surface area contributed by atoms with Gasteiger partial charge in [0, 0.05) is 6.54 Å². The number of ether oxygens (including phenoxy) is 3. The zero-order chi connectivity index (χ0) is 29.0. The van der Waals surface area contributed by atoms with E-state index in [1.54, 1.807) is 4.90 Å². The minimum Gasteiger partial charge on any atom is -0.452 e. The summed E-state index contributed by atoms with van der Waals surface area (Å²) in [5.74, 6) is -0.603. The van der Waals surface area contributed by atoms with Crippen LogP contribution < -0.4 is 11.2 Å². The Morgan fingerprint density at radius 2 is 1.72 bits per heavy atom. The van der Waals surface area contributed by atoms with Gasteiger partial charge in [0.15, 0.2) is 6.29 Å². The van der Waals surface area contributed by atoms with E-state index in [0.717, 1.165) is 7.11 Å². The highest BCUT2D eigenvalue weighted by molar-refractivity contribution is 5.83. The number of halogens is 7. The van der Waals surface area contributed by atoms with Crippen molar-refractivity contribution < 1.29 is 49.7 Å². The fourth-order valence-electron chi connectivity index (χ4n) is 3.91. The molecule has 3 unspecified atom stereocenters. The number of hydrogen-bond donors (Lipinski definition) is 2. The van der Waals surface area contributed by atoms with E-state index in [2.05, 4.69) is 15.3 Å². The number of hydrazone groups is 1. The van der Waals surface area contributed by atoms with Crippen LogP contribution >= 0.6 is 0 Å². The summed E-state index contributed by atoms with van der Waals surface area (Å²) in [7, 11) is 1.12. The second kappa shape index (κ2) is 12.2. The van der Waals surface area contributed by atoms with E-state index < -0.39 is 53.8 Å². The quantitative estimate of drug-likeness (QED) is 0.213. The van der Waals surface area contributed by atoms with E-state index in [4.69, 9.17) is 15.2 Å². The first-order chi connectivity index (χ1) is 18.2. The summed E-state index contributed by atoms with van der Waals surface area (Å²) in [6.45, 7) is 1.51. The molecule has 15 heteroatoms. The zero-order valence-electron chi connectivity index (χ0n) is 20.6. The van der Waals surface area contributed by atoms with Crippen LogP contribution in [0.25, 0.3) is 0 Å². The minimum absolute atomic E-state index is 0.0286. The van der Waals surface area contributed by atoms with Crippen molar-refractivity contribution in [1.29, 1.82) is 0 Å². The van der Waals surface area contributed by atoms with E-state index in [1.807, 2.05) is 0 Å². The van der Waals surface area contributed by atoms with Crippen LogP contribution in [0.5, 0.6) is 0 Å². The Hall–Kier alpha value is -3.43. The van der Waals surface area contributed by atoms with E-state index >= 15 is 0 Å². The highest BCUT2D eigenvalue weighted by Gasteiger charge is 2.39. The van der Waals surface area contributed by atoms with Crippen molar-refractivity contribution in [2.75, 3.05) is 26.8 Å². The lowest BCUT2D eigenvalue weighted by Gasteiger charge is -2.41. The summed E-state index contributed by atoms with van der Waals surface area (Å²) in [4.78, 5) is 13.0. The first kappa shape index (κ1) is 30.1. The van der Waals surface area contributed by atoms with E-state index in [-0.39, 0.29) is 37.2 Å². The van der Waals surface area contributed by atoms with Crippen molar-refractivity contribution in [3.63, 3.8) is 0 Å². The third-order valence-electron chi connectivity index (χ3n) is 5.78. The molecule has 1 aliphatic heterocycles. The average Bonchev–Trinajstić information content (AvgIpc) is 2.87. The number of rotatable bonds is 7. The van der Waals surface area contributed by atoms with Gasteiger partial charge in [-0.3, -0.25) is 4.90 Å². The smallest absolute Gasteiger partial charge is 0.427 e. The lowest BCUT2D eigenvalue weighted by Crippen LogP contribution is -2.49. The number of carbonyl (C=O) groups excluding carboxylic acids is 1. The summed E-state index contributed by atoms with van der Waals surface area (Å²) >= 11 is 0. The Kier molecular flexibility index (Phi) is 9.40. The van der Waals surface area contributed by atoms with Crippen LogP contribution in [-0.2, 0) is 26.6 Å². The van der Waals surface area contributed by atoms with Gasteiger partial charge >= 0.3 is 18.4 Å². The molecule has 3 atom stereocenters. The number of hydrogen-bond acceptors (Lipinski definition) is 6. The third-order valence-corrected chi connectivity index (χ3v) is 5.78. The Labute approximate surface area is 218 Å². The van der Waals surface area contributed by atoms with Crippen molar-refractivity contribution in [1.82, 2.24) is 10.3 Å². The molecule has 1 fully saturated rings. The summed E-state index contributed by atoms with van der Waals surface area (Å²) in [6, 6.07) is 5.54. The largest absolute Gasteiger partial charge is 0.452 e. The molecule has 0 spiro atoms. The molecule has 214 valence electrons. The first-order valence-electron chi connectivity index (χ1n) is 11.4. The summed E-state index contributed by atoms with van der Waals surface area (Å²) < 4.78 is 110. The number of carbonyl (C=O) groups is 1. The second-order valence-electron chi connectivity index (χ2n) is 8.53. The van der Waals surface area contributed by atoms with Gasteiger partial charge in [0.1, 0.15) is 11.7 Å². The molecule has 0 bridgehead atoms. The van der Waals surface area contributed by atoms with Gasteiger partial charge in [-0.05, 0) is 48.4 Å². The molecule has 0 radical (unpaired) electrons. The molecule has 1 saturated heterocycles. The molecular formula is C24H25F7N4O4. The van der Waals surface area contributed by atoms with Crippen molar-refractivity contribution >= 4 is 11.9 Å². The van der Waals surface area contributed by atoms with Crippen LogP contribution in [0.4, 0.5) is 35.5 Å². The maximum Gasteiger partial charge on any atom is 0.427 e. The molecule has 1 heterocycles. The number of nitrogens with two attached hydrogens (primary N) is 1. The summed E-state index contributed by atoms with van der Waals surface area (Å²) in [6.07, 6.45) is -13.4. The van der Waals surface area contributed by atoms with Gasteiger partial charge < -0.3 is 19.9 Å². The number of nitrogens with zero attached hydrogens (tertiary/aromatic N) is 2. The predicted molar refractivity (Wildman–Crippen MR) is 124 cm³/mol. The lowest BCUT2D eigenvalue weighted by molar-refractivity contribution is -0.227. The van der Waals surface area contributed by atoms with E-state index in [0.29, 0.717) is 17.7 Å². The van der Waals surface area contributed by atoms with Crippen LogP contribution in [0.2, 0.25) is 0 Å². The van der Waals surface area contributed by atoms with Crippen LogP contribution in [0.1, 0.15) is 41.3 Å². The number of amides is 1. The van der Waals surface area contributed by atoms with Crippen molar-refractivity contribution in [2.24, 2.45) is 10.8 Å². The lowest BCUT2D eigenvalue weighted by atomic mass is 10.0. The molecule has 0 saturated carbocycles. The highest BCUT2D eigenvalue weighted by Crippen LogP contribution is 2.39. The Morgan fingerprint density at radius 1 is 1.13 bits per heavy atom. The van der Waals surface area contributed by atoms with Gasteiger partial charge in [-0.1, -0.05) is 12.1 Å². The van der Waals surface area contributed by atoms with Crippen LogP contribution in [-0.4, -0.2) is 49.9 Å². The number of amidine groups is 1. The van der Waals surface area contributed by atoms with Gasteiger partial charge in [-0.2, -0.15) is 31.4 Å². The SMILES string of the molecule is COC(=O)NN=C(N)CN1CCOC(OC(C)c2cc(C(F)(F)F)cc(C(F)(F)F)c2)C1c1ccc(F)cc1. The van der Waals surface area contributed by atoms with Gasteiger partial charge in [0.25, 0.3) is 0 Å². The molecule has 0 aromatic heterocycles. The maximum absolute atomic E-state index is 13.6. The average molecular weight is 566 g/mol. The molecule has 2 aromatic rings. The summed E-state index contributed by atoms with van der Waals surface area (Å²) in [5.41, 5.74) is 5.09. The van der Waals surface area contributed by atoms with Crippen molar-refractivity contribution in [3.8, 4) is 0 Å². The first-order valence-corrected chi connectivity index (χ1v) is 11.4. The maximum atomic E-state index is 13.6. The predicted octanol–water partition coefficient (Wildman–Crippen LogP) is 4.97. The Balaban J connectivity index is 1.93. The summed E-state index contributed by atoms with van der Waals surface area (Å²) in [5, 5.41) is 3.70. The van der Waals surface area contributed by atoms with Crippen LogP contribution in [0.15, 0.2) is 47.6 Å². The van der Waals surface area contributed by atoms with E-state index in [1.165, 1.54) is 31.2 Å². The molecule has 0 aliphatic carbocycles. The number of morpholine rings is 1. The molecule has 8 nitrogen and oxygen atoms in total. The number of alkyl halides is 6. The molecule has 3 N–H and O–H groups in total. The molecule has 39 heavy (non-hydrogen) atoms. The topological polar surface area (TPSA) is 98.4 Å². The van der Waals surface area contributed by atoms with Gasteiger partial charge in [0.05, 0.1) is 43.5 Å². The fourth-order valence-corrected chi connectivity index (χ4v) is 3.91. The van der Waals surface area contributed by atoms with Gasteiger partial charge in [-0.15, -0.1) is 0 Å². The van der Waals surface area contributed by atoms with Gasteiger partial charge in [0.2, 0.25) is 0 Å². The van der Waals surface area contributed by atoms with Crippen molar-refractivity contribution in [2.45, 2.75) is 37.7 Å². The second-order valence-corrected chi connectivity index (χ2v) is 8.53. The van der Waals surface area contributed by atoms with E-state index in [9.17, 15) is 35.5 Å². The number of methoxy groups -OCH3 is 1. The highest BCUT2D eigenvalue weighted by atomic mass is 19.4. The monoisotopic (exact) mass is 566 g/mol. The van der Waals surface area contributed by atoms with Gasteiger partial charge in [-0.25, -0.2) is 14.6 Å². The normalized spacial score (nSPS) is 20.0. The van der Waals surface area contributed by atoms with Crippen molar-refractivity contribution in [3.05, 3.63) is 70.5 Å². The molecule has 3 rings (SSSR count). The molecular weight excluding hydrogens is 541 g/mol. The van der Waals surface area contributed by atoms with Crippen LogP contribution in [0, 0.1) is 5.82 Å². The Morgan fingerprint density at radius 3 is 2.26 bits per heavy atom. The van der Waals surface area contributed by atoms with Crippen LogP contribution in [0.3, 0.4) is 0 Å². The minimum atomic E-state index is -5.03. The molecule has 1 aliphatic rings. The Bertz CT molecular complexity index is 1140. The zero-order valence-corrected chi connectivity index (χ0v) is 20.6. The molecule has 2 aromatic carbocycles. The molecule has 1 amide bonds.